The van der Waals surface area contributed by atoms with Gasteiger partial charge in [0, 0.05) is 57.0 Å². The summed E-state index contributed by atoms with van der Waals surface area (Å²) in [5.41, 5.74) is 3.91. The lowest BCUT2D eigenvalue weighted by Gasteiger charge is -2.21. The number of hydrogen-bond acceptors (Lipinski definition) is 2. The minimum Gasteiger partial charge on any atom is -0.385 e. The highest BCUT2D eigenvalue weighted by Gasteiger charge is 2.21. The normalized spacial score (nSPS) is 14.0. The van der Waals surface area contributed by atoms with Gasteiger partial charge in [0.05, 0.1) is 0 Å². The van der Waals surface area contributed by atoms with Gasteiger partial charge in [-0.3, -0.25) is 0 Å². The van der Waals surface area contributed by atoms with Crippen LogP contribution in [0.25, 0.3) is 10.9 Å². The van der Waals surface area contributed by atoms with Gasteiger partial charge in [0.2, 0.25) is 0 Å². The lowest BCUT2D eigenvalue weighted by molar-refractivity contribution is 0.184. The van der Waals surface area contributed by atoms with E-state index in [-0.39, 0.29) is 6.03 Å². The van der Waals surface area contributed by atoms with Gasteiger partial charge in [-0.05, 0) is 36.5 Å². The Labute approximate surface area is 143 Å². The van der Waals surface area contributed by atoms with E-state index in [1.54, 1.807) is 7.11 Å². The number of aromatic nitrogens is 1. The Bertz CT molecular complexity index is 708. The van der Waals surface area contributed by atoms with Crippen LogP contribution in [0.2, 0.25) is 0 Å². The molecule has 0 fully saturated rings. The predicted molar refractivity (Wildman–Crippen MR) is 96.2 cm³/mol. The number of carbonyl (C=O) groups is 1. The summed E-state index contributed by atoms with van der Waals surface area (Å²) in [7, 11) is 1.68. The highest BCUT2D eigenvalue weighted by atomic mass is 16.5. The van der Waals surface area contributed by atoms with E-state index in [1.165, 1.54) is 22.0 Å². The van der Waals surface area contributed by atoms with Gasteiger partial charge in [-0.2, -0.15) is 0 Å². The molecule has 0 radical (unpaired) electrons. The third-order valence-electron chi connectivity index (χ3n) is 4.64. The average Bonchev–Trinajstić information content (AvgIpc) is 2.82. The first-order valence-electron chi connectivity index (χ1n) is 8.86. The zero-order valence-corrected chi connectivity index (χ0v) is 14.7. The molecule has 5 nitrogen and oxygen atoms in total. The number of benzene rings is 1. The molecule has 0 bridgehead atoms. The van der Waals surface area contributed by atoms with Crippen LogP contribution in [0.3, 0.4) is 0 Å². The number of amides is 2. The van der Waals surface area contributed by atoms with Crippen molar-refractivity contribution < 1.29 is 9.53 Å². The third kappa shape index (κ3) is 3.41. The van der Waals surface area contributed by atoms with Gasteiger partial charge in [0.1, 0.15) is 0 Å². The molecule has 0 atom stereocenters. The number of nitrogens with zero attached hydrogens (tertiary/aromatic N) is 2. The Morgan fingerprint density at radius 2 is 2.21 bits per heavy atom. The van der Waals surface area contributed by atoms with Gasteiger partial charge < -0.3 is 19.5 Å². The Morgan fingerprint density at radius 3 is 3.00 bits per heavy atom. The van der Waals surface area contributed by atoms with Crippen molar-refractivity contribution in [3.05, 3.63) is 35.5 Å². The molecule has 0 aliphatic carbocycles. The zero-order chi connectivity index (χ0) is 16.9. The molecule has 1 aromatic heterocycles. The summed E-state index contributed by atoms with van der Waals surface area (Å²) in [5.74, 6) is 0. The summed E-state index contributed by atoms with van der Waals surface area (Å²) in [6, 6.07) is 6.47. The standard InChI is InChI=1S/C19H27N3O2/c1-3-10-21-13-16-8-11-22(19(23)20-9-5-12-24-2)14-15-6-4-7-17(21)18(15)16/h4,6-7,13H,3,5,8-12,14H2,1-2H3,(H,20,23). The minimum atomic E-state index is 0.0229. The SMILES string of the molecule is CCCn1cc2c3c(cccc31)CN(C(=O)NCCCOC)CC2. The maximum atomic E-state index is 12.4. The van der Waals surface area contributed by atoms with E-state index < -0.39 is 0 Å². The molecule has 1 aliphatic rings. The topological polar surface area (TPSA) is 46.5 Å². The molecular weight excluding hydrogens is 302 g/mol. The number of aryl methyl sites for hydroxylation is 1. The van der Waals surface area contributed by atoms with Gasteiger partial charge >= 0.3 is 6.03 Å². The van der Waals surface area contributed by atoms with E-state index in [9.17, 15) is 4.79 Å². The lowest BCUT2D eigenvalue weighted by Crippen LogP contribution is -2.40. The third-order valence-corrected chi connectivity index (χ3v) is 4.64. The number of methoxy groups -OCH3 is 1. The summed E-state index contributed by atoms with van der Waals surface area (Å²) in [4.78, 5) is 14.4. The van der Waals surface area contributed by atoms with Crippen molar-refractivity contribution in [2.75, 3.05) is 26.8 Å². The van der Waals surface area contributed by atoms with Crippen molar-refractivity contribution in [2.24, 2.45) is 0 Å². The molecule has 0 unspecified atom stereocenters. The number of ether oxygens (including phenoxy) is 1. The van der Waals surface area contributed by atoms with Gasteiger partial charge in [-0.15, -0.1) is 0 Å². The van der Waals surface area contributed by atoms with Crippen molar-refractivity contribution in [1.29, 1.82) is 0 Å². The Morgan fingerprint density at radius 1 is 1.33 bits per heavy atom. The highest BCUT2D eigenvalue weighted by molar-refractivity contribution is 5.88. The fourth-order valence-electron chi connectivity index (χ4n) is 3.50. The number of carbonyl (C=O) groups excluding carboxylic acids is 1. The van der Waals surface area contributed by atoms with E-state index >= 15 is 0 Å². The van der Waals surface area contributed by atoms with Crippen LogP contribution >= 0.6 is 0 Å². The van der Waals surface area contributed by atoms with Crippen LogP contribution in [0.4, 0.5) is 4.79 Å². The summed E-state index contributed by atoms with van der Waals surface area (Å²) in [5, 5.41) is 4.35. The molecule has 5 heteroatoms. The fourth-order valence-corrected chi connectivity index (χ4v) is 3.50. The molecule has 1 aliphatic heterocycles. The van der Waals surface area contributed by atoms with Crippen LogP contribution in [0.5, 0.6) is 0 Å². The van der Waals surface area contributed by atoms with Crippen LogP contribution in [0.1, 0.15) is 30.9 Å². The van der Waals surface area contributed by atoms with E-state index in [2.05, 4.69) is 41.2 Å². The number of urea groups is 1. The van der Waals surface area contributed by atoms with Gasteiger partial charge in [-0.1, -0.05) is 19.1 Å². The molecule has 3 rings (SSSR count). The van der Waals surface area contributed by atoms with Crippen LogP contribution < -0.4 is 5.32 Å². The number of rotatable bonds is 6. The minimum absolute atomic E-state index is 0.0229. The second-order valence-corrected chi connectivity index (χ2v) is 6.41. The maximum Gasteiger partial charge on any atom is 0.317 e. The summed E-state index contributed by atoms with van der Waals surface area (Å²) < 4.78 is 7.38. The molecule has 1 aromatic carbocycles. The molecule has 0 spiro atoms. The van der Waals surface area contributed by atoms with Crippen molar-refractivity contribution >= 4 is 16.9 Å². The van der Waals surface area contributed by atoms with Crippen LogP contribution in [-0.4, -0.2) is 42.3 Å². The first kappa shape index (κ1) is 16.8. The highest BCUT2D eigenvalue weighted by Crippen LogP contribution is 2.29. The van der Waals surface area contributed by atoms with Gasteiger partial charge in [-0.25, -0.2) is 4.79 Å². The van der Waals surface area contributed by atoms with Gasteiger partial charge in [0.25, 0.3) is 0 Å². The summed E-state index contributed by atoms with van der Waals surface area (Å²) in [6.07, 6.45) is 5.16. The summed E-state index contributed by atoms with van der Waals surface area (Å²) >= 11 is 0. The Kier molecular flexibility index (Phi) is 5.41. The average molecular weight is 329 g/mol. The quantitative estimate of drug-likeness (QED) is 0.828. The molecular formula is C19H27N3O2. The second kappa shape index (κ2) is 7.71. The van der Waals surface area contributed by atoms with Gasteiger partial charge in [0.15, 0.2) is 0 Å². The van der Waals surface area contributed by atoms with E-state index in [0.717, 1.165) is 32.4 Å². The summed E-state index contributed by atoms with van der Waals surface area (Å²) in [6.45, 7) is 6.02. The largest absolute Gasteiger partial charge is 0.385 e. The molecule has 130 valence electrons. The number of hydrogen-bond donors (Lipinski definition) is 1. The molecule has 2 amide bonds. The predicted octanol–water partition coefficient (Wildman–Crippen LogP) is 3.16. The monoisotopic (exact) mass is 329 g/mol. The molecule has 2 aromatic rings. The van der Waals surface area contributed by atoms with Crippen molar-refractivity contribution in [2.45, 2.75) is 39.3 Å². The Balaban J connectivity index is 1.76. The second-order valence-electron chi connectivity index (χ2n) is 6.41. The molecule has 24 heavy (non-hydrogen) atoms. The van der Waals surface area contributed by atoms with E-state index in [1.807, 2.05) is 4.90 Å². The van der Waals surface area contributed by atoms with E-state index in [4.69, 9.17) is 4.74 Å². The van der Waals surface area contributed by atoms with Crippen LogP contribution in [0.15, 0.2) is 24.4 Å². The zero-order valence-electron chi connectivity index (χ0n) is 14.7. The first-order valence-corrected chi connectivity index (χ1v) is 8.86. The maximum absolute atomic E-state index is 12.4. The van der Waals surface area contributed by atoms with Crippen LogP contribution in [-0.2, 0) is 24.2 Å². The van der Waals surface area contributed by atoms with Crippen LogP contribution in [0, 0.1) is 0 Å². The molecule has 0 saturated carbocycles. The lowest BCUT2D eigenvalue weighted by atomic mass is 10.1. The fraction of sp³-hybridized carbons (Fsp3) is 0.526. The molecule has 1 N–H and O–H groups in total. The molecule has 0 saturated heterocycles. The molecule has 2 heterocycles. The Hall–Kier alpha value is -2.01. The number of nitrogens with one attached hydrogen (secondary N) is 1. The smallest absolute Gasteiger partial charge is 0.317 e. The van der Waals surface area contributed by atoms with Crippen molar-refractivity contribution in [3.63, 3.8) is 0 Å². The van der Waals surface area contributed by atoms with Crippen molar-refractivity contribution in [3.8, 4) is 0 Å². The van der Waals surface area contributed by atoms with Crippen molar-refractivity contribution in [1.82, 2.24) is 14.8 Å². The van der Waals surface area contributed by atoms with E-state index in [0.29, 0.717) is 19.7 Å². The first-order chi connectivity index (χ1) is 11.7.